The smallest absolute Gasteiger partial charge is 0.0569 e. The van der Waals surface area contributed by atoms with Crippen molar-refractivity contribution in [3.8, 4) is 0 Å². The first kappa shape index (κ1) is 10.4. The Morgan fingerprint density at radius 1 is 1.38 bits per heavy atom. The molecule has 3 heteroatoms. The summed E-state index contributed by atoms with van der Waals surface area (Å²) in [6.45, 7) is 6.51. The maximum atomic E-state index is 3.62. The van der Waals surface area contributed by atoms with Gasteiger partial charge in [0.15, 0.2) is 0 Å². The maximum Gasteiger partial charge on any atom is 0.0569 e. The Hall–Kier alpha value is -0.800. The first-order valence-corrected chi connectivity index (χ1v) is 6.39. The highest BCUT2D eigenvalue weighted by atomic mass is 79.9. The van der Waals surface area contributed by atoms with Gasteiger partial charge in [-0.25, -0.2) is 0 Å². The molecule has 2 N–H and O–H groups in total. The van der Waals surface area contributed by atoms with E-state index in [2.05, 4.69) is 58.6 Å². The maximum absolute atomic E-state index is 3.62. The molecule has 0 radical (unpaired) electrons. The largest absolute Gasteiger partial charge is 0.357 e. The summed E-state index contributed by atoms with van der Waals surface area (Å²) in [5, 5.41) is 7.08. The summed E-state index contributed by atoms with van der Waals surface area (Å²) < 4.78 is 1.15. The van der Waals surface area contributed by atoms with Crippen molar-refractivity contribution in [2.45, 2.75) is 19.3 Å². The molecular formula is C13H15BrN2. The first-order valence-electron chi connectivity index (χ1n) is 5.60. The zero-order valence-electron chi connectivity index (χ0n) is 9.52. The molecule has 0 spiro atoms. The molecule has 0 aliphatic carbocycles. The van der Waals surface area contributed by atoms with Crippen molar-refractivity contribution in [2.24, 2.45) is 0 Å². The molecule has 0 saturated carbocycles. The van der Waals surface area contributed by atoms with E-state index in [4.69, 9.17) is 0 Å². The summed E-state index contributed by atoms with van der Waals surface area (Å²) >= 11 is 3.62. The van der Waals surface area contributed by atoms with E-state index in [0.717, 1.165) is 17.6 Å². The fourth-order valence-corrected chi connectivity index (χ4v) is 3.32. The van der Waals surface area contributed by atoms with E-state index in [9.17, 15) is 0 Å². The van der Waals surface area contributed by atoms with Gasteiger partial charge in [-0.05, 0) is 47.0 Å². The Bertz CT molecular complexity index is 493. The zero-order chi connectivity index (χ0) is 11.3. The Morgan fingerprint density at radius 3 is 3.00 bits per heavy atom. The number of benzene rings is 1. The average molecular weight is 279 g/mol. The van der Waals surface area contributed by atoms with E-state index in [0.29, 0.717) is 0 Å². The highest BCUT2D eigenvalue weighted by Gasteiger charge is 2.42. The standard InChI is InChI=1S/C13H15BrN2/c1-8-6-15-7-13(2)9-4-3-5-10(14)11(9)16-12(8)13/h3-5,15-16H,6-7H2,1-2H3. The van der Waals surface area contributed by atoms with E-state index in [1.54, 1.807) is 0 Å². The number of nitrogens with one attached hydrogen (secondary N) is 2. The number of fused-ring (bicyclic) bond motifs is 3. The lowest BCUT2D eigenvalue weighted by atomic mass is 9.78. The summed E-state index contributed by atoms with van der Waals surface area (Å²) in [5.74, 6) is 0. The van der Waals surface area contributed by atoms with Crippen molar-refractivity contribution in [2.75, 3.05) is 18.4 Å². The fourth-order valence-electron chi connectivity index (χ4n) is 2.86. The summed E-state index contributed by atoms with van der Waals surface area (Å²) in [6, 6.07) is 6.43. The normalized spacial score (nSPS) is 27.4. The lowest BCUT2D eigenvalue weighted by Crippen LogP contribution is -2.42. The van der Waals surface area contributed by atoms with Crippen LogP contribution in [-0.4, -0.2) is 13.1 Å². The van der Waals surface area contributed by atoms with Crippen LogP contribution in [-0.2, 0) is 5.41 Å². The van der Waals surface area contributed by atoms with Crippen molar-refractivity contribution in [3.63, 3.8) is 0 Å². The van der Waals surface area contributed by atoms with E-state index in [-0.39, 0.29) is 5.41 Å². The van der Waals surface area contributed by atoms with Crippen LogP contribution in [0.2, 0.25) is 0 Å². The minimum absolute atomic E-state index is 0.113. The number of anilines is 1. The van der Waals surface area contributed by atoms with Gasteiger partial charge in [0.05, 0.1) is 5.69 Å². The first-order chi connectivity index (χ1) is 7.63. The van der Waals surface area contributed by atoms with Crippen LogP contribution in [0.3, 0.4) is 0 Å². The van der Waals surface area contributed by atoms with Crippen LogP contribution in [0.5, 0.6) is 0 Å². The Kier molecular flexibility index (Phi) is 2.17. The Labute approximate surface area is 104 Å². The van der Waals surface area contributed by atoms with Gasteiger partial charge in [-0.15, -0.1) is 0 Å². The van der Waals surface area contributed by atoms with Crippen LogP contribution in [0.4, 0.5) is 5.69 Å². The third kappa shape index (κ3) is 1.22. The zero-order valence-corrected chi connectivity index (χ0v) is 11.1. The molecule has 1 aromatic rings. The second-order valence-corrected chi connectivity index (χ2v) is 5.73. The molecule has 0 aromatic heterocycles. The molecule has 2 aliphatic heterocycles. The lowest BCUT2D eigenvalue weighted by molar-refractivity contribution is 0.490. The molecule has 16 heavy (non-hydrogen) atoms. The summed E-state index contributed by atoms with van der Waals surface area (Å²) in [4.78, 5) is 0. The molecule has 2 heterocycles. The predicted octanol–water partition coefficient (Wildman–Crippen LogP) is 3.01. The molecule has 2 aliphatic rings. The molecule has 1 atom stereocenters. The lowest BCUT2D eigenvalue weighted by Gasteiger charge is -2.32. The number of hydrogen-bond acceptors (Lipinski definition) is 2. The minimum Gasteiger partial charge on any atom is -0.357 e. The Morgan fingerprint density at radius 2 is 2.19 bits per heavy atom. The third-order valence-corrected chi connectivity index (χ3v) is 4.37. The minimum atomic E-state index is 0.113. The highest BCUT2D eigenvalue weighted by Crippen LogP contribution is 2.48. The molecule has 1 aromatic carbocycles. The quantitative estimate of drug-likeness (QED) is 0.763. The summed E-state index contributed by atoms with van der Waals surface area (Å²) in [6.07, 6.45) is 0. The second kappa shape index (κ2) is 3.34. The number of halogens is 1. The highest BCUT2D eigenvalue weighted by molar-refractivity contribution is 9.10. The summed E-state index contributed by atoms with van der Waals surface area (Å²) in [5.41, 5.74) is 5.54. The van der Waals surface area contributed by atoms with Crippen molar-refractivity contribution < 1.29 is 0 Å². The molecule has 3 rings (SSSR count). The number of hydrogen-bond donors (Lipinski definition) is 2. The van der Waals surface area contributed by atoms with Crippen LogP contribution >= 0.6 is 15.9 Å². The molecule has 1 unspecified atom stereocenters. The van der Waals surface area contributed by atoms with Gasteiger partial charge < -0.3 is 10.6 Å². The molecule has 84 valence electrons. The van der Waals surface area contributed by atoms with Crippen LogP contribution in [0.15, 0.2) is 33.9 Å². The SMILES string of the molecule is CC1=C2Nc3c(Br)cccc3C2(C)CNC1. The molecule has 0 saturated heterocycles. The van der Waals surface area contributed by atoms with Crippen molar-refractivity contribution >= 4 is 21.6 Å². The van der Waals surface area contributed by atoms with Gasteiger partial charge >= 0.3 is 0 Å². The molecule has 0 fully saturated rings. The third-order valence-electron chi connectivity index (χ3n) is 3.71. The van der Waals surface area contributed by atoms with Gasteiger partial charge in [0.1, 0.15) is 0 Å². The molecule has 0 bridgehead atoms. The Balaban J connectivity index is 2.26. The topological polar surface area (TPSA) is 24.1 Å². The summed E-state index contributed by atoms with van der Waals surface area (Å²) in [7, 11) is 0. The van der Waals surface area contributed by atoms with Gasteiger partial charge in [-0.1, -0.05) is 12.1 Å². The van der Waals surface area contributed by atoms with E-state index in [1.807, 2.05) is 0 Å². The van der Waals surface area contributed by atoms with E-state index < -0.39 is 0 Å². The van der Waals surface area contributed by atoms with Crippen molar-refractivity contribution in [1.29, 1.82) is 0 Å². The van der Waals surface area contributed by atoms with Gasteiger partial charge in [-0.3, -0.25) is 0 Å². The van der Waals surface area contributed by atoms with Crippen LogP contribution in [0, 0.1) is 0 Å². The molecule has 2 nitrogen and oxygen atoms in total. The van der Waals surface area contributed by atoms with Crippen LogP contribution < -0.4 is 10.6 Å². The van der Waals surface area contributed by atoms with Crippen LogP contribution in [0.25, 0.3) is 0 Å². The predicted molar refractivity (Wildman–Crippen MR) is 70.7 cm³/mol. The van der Waals surface area contributed by atoms with Crippen molar-refractivity contribution in [1.82, 2.24) is 5.32 Å². The number of rotatable bonds is 0. The molecular weight excluding hydrogens is 264 g/mol. The fraction of sp³-hybridized carbons (Fsp3) is 0.385. The van der Waals surface area contributed by atoms with E-state index >= 15 is 0 Å². The number of para-hydroxylation sites is 1. The van der Waals surface area contributed by atoms with Gasteiger partial charge in [0.2, 0.25) is 0 Å². The average Bonchev–Trinajstić information content (AvgIpc) is 2.55. The monoisotopic (exact) mass is 278 g/mol. The van der Waals surface area contributed by atoms with Crippen molar-refractivity contribution in [3.05, 3.63) is 39.5 Å². The van der Waals surface area contributed by atoms with Gasteiger partial charge in [-0.2, -0.15) is 0 Å². The van der Waals surface area contributed by atoms with Gasteiger partial charge in [0.25, 0.3) is 0 Å². The molecule has 0 amide bonds. The van der Waals surface area contributed by atoms with Crippen LogP contribution in [0.1, 0.15) is 19.4 Å². The van der Waals surface area contributed by atoms with Gasteiger partial charge in [0, 0.05) is 28.7 Å². The van der Waals surface area contributed by atoms with E-state index in [1.165, 1.54) is 22.5 Å². The second-order valence-electron chi connectivity index (χ2n) is 4.88.